The van der Waals surface area contributed by atoms with E-state index in [1.54, 1.807) is 6.08 Å². The number of esters is 2. The first-order valence-electron chi connectivity index (χ1n) is 24.1. The van der Waals surface area contributed by atoms with E-state index >= 15 is 0 Å². The first-order chi connectivity index (χ1) is 31.1. The monoisotopic (exact) mass is 909 g/mol. The number of H-pyrrole nitrogens is 2. The molecule has 2 aromatic heterocycles. The number of methoxy groups -OCH3 is 1. The van der Waals surface area contributed by atoms with E-state index in [0.717, 1.165) is 64.8 Å². The van der Waals surface area contributed by atoms with Crippen molar-refractivity contribution in [3.63, 3.8) is 0 Å². The molecule has 2 N–H and O–H groups in total. The Kier molecular flexibility index (Phi) is 18.6. The summed E-state index contributed by atoms with van der Waals surface area (Å²) in [7, 11) is 1.28. The molecule has 5 heterocycles. The fraction of sp³-hybridized carbons (Fsp3) is 0.527. The second kappa shape index (κ2) is 23.4. The van der Waals surface area contributed by atoms with Gasteiger partial charge in [0.15, 0.2) is 11.7 Å². The number of carbonyl (C=O) groups excluding carboxylic acids is 4. The summed E-state index contributed by atoms with van der Waals surface area (Å²) >= 11 is 0. The Bertz CT molecular complexity index is 2480. The number of ether oxygens (including phenoxy) is 2. The molecule has 0 radical (unpaired) electrons. The Labute approximate surface area is 408 Å². The van der Waals surface area contributed by atoms with Gasteiger partial charge < -0.3 is 19.4 Å². The third kappa shape index (κ3) is 11.6. The van der Waals surface area contributed by atoms with Gasteiger partial charge in [-0.1, -0.05) is 110 Å². The second-order valence-electron chi connectivity index (χ2n) is 19.5. The Morgan fingerprint density at radius 3 is 2.17 bits per heavy atom. The maximum absolute atomic E-state index is 14.4. The summed E-state index contributed by atoms with van der Waals surface area (Å²) in [5.74, 6) is -0.790. The molecule has 2 aromatic rings. The van der Waals surface area contributed by atoms with Crippen LogP contribution in [0.1, 0.15) is 206 Å². The van der Waals surface area contributed by atoms with Gasteiger partial charge in [0.25, 0.3) is 0 Å². The van der Waals surface area contributed by atoms with E-state index in [2.05, 4.69) is 58.1 Å². The summed E-state index contributed by atoms with van der Waals surface area (Å²) in [6.07, 6.45) is 17.0. The van der Waals surface area contributed by atoms with Gasteiger partial charge in [0, 0.05) is 28.7 Å². The first kappa shape index (κ1) is 52.4. The molecule has 0 aromatic carbocycles. The summed E-state index contributed by atoms with van der Waals surface area (Å²) in [6, 6.07) is 5.74. The van der Waals surface area contributed by atoms with Crippen molar-refractivity contribution < 1.29 is 38.6 Å². The van der Waals surface area contributed by atoms with Crippen LogP contribution in [-0.4, -0.2) is 60.8 Å². The van der Waals surface area contributed by atoms with Crippen LogP contribution in [0.15, 0.2) is 42.5 Å². The number of aromatic nitrogens is 4. The Balaban J connectivity index is 0.00000817. The van der Waals surface area contributed by atoms with Crippen molar-refractivity contribution in [3.05, 3.63) is 93.4 Å². The summed E-state index contributed by atoms with van der Waals surface area (Å²) in [6.45, 7) is 23.7. The van der Waals surface area contributed by atoms with E-state index in [4.69, 9.17) is 19.4 Å². The smallest absolute Gasteiger partial charge is 0.664 e. The van der Waals surface area contributed by atoms with Crippen molar-refractivity contribution in [1.82, 2.24) is 9.97 Å². The van der Waals surface area contributed by atoms with Gasteiger partial charge in [0.2, 0.25) is 22.8 Å². The van der Waals surface area contributed by atoms with Crippen LogP contribution in [0.4, 0.5) is 0 Å². The molecule has 6 rings (SSSR count). The third-order valence-electron chi connectivity index (χ3n) is 14.3. The van der Waals surface area contributed by atoms with Gasteiger partial charge >= 0.3 is 35.0 Å². The van der Waals surface area contributed by atoms with Crippen LogP contribution in [0, 0.1) is 17.8 Å². The van der Waals surface area contributed by atoms with E-state index in [1.165, 1.54) is 57.6 Å². The number of Topliss-reactive ketones (excluding diaryl/α,β-unsaturated/α-hetero) is 1. The van der Waals surface area contributed by atoms with Gasteiger partial charge in [-0.3, -0.25) is 19.2 Å². The van der Waals surface area contributed by atoms with Crippen LogP contribution >= 0.6 is 0 Å². The summed E-state index contributed by atoms with van der Waals surface area (Å²) in [5.41, 5.74) is 11.0. The van der Waals surface area contributed by atoms with E-state index in [-0.39, 0.29) is 59.7 Å². The number of carbonyl (C=O) groups is 4. The number of aryl methyl sites for hydroxylation is 1. The molecule has 0 saturated heterocycles. The van der Waals surface area contributed by atoms with Crippen LogP contribution in [0.25, 0.3) is 33.3 Å². The molecule has 0 fully saturated rings. The van der Waals surface area contributed by atoms with Crippen LogP contribution in [-0.2, 0) is 30.3 Å². The molecule has 1 aliphatic carbocycles. The van der Waals surface area contributed by atoms with E-state index in [9.17, 15) is 19.2 Å². The fourth-order valence-corrected chi connectivity index (χ4v) is 10.2. The Morgan fingerprint density at radius 1 is 0.879 bits per heavy atom. The molecular formula is C55H72MgN4O6+2. The largest absolute Gasteiger partial charge is 2.00 e. The zero-order valence-corrected chi connectivity index (χ0v) is 42.8. The molecule has 11 heteroatoms. The van der Waals surface area contributed by atoms with Gasteiger partial charge in [-0.25, -0.2) is 9.97 Å². The predicted octanol–water partition coefficient (Wildman–Crippen LogP) is 10.6. The van der Waals surface area contributed by atoms with Crippen molar-refractivity contribution in [3.8, 4) is 0 Å². The van der Waals surface area contributed by atoms with Crippen molar-refractivity contribution in [1.29, 1.82) is 0 Å². The average molecular weight is 910 g/mol. The minimum absolute atomic E-state index is 0. The predicted molar refractivity (Wildman–Crippen MR) is 263 cm³/mol. The number of hydrogen-bond acceptors (Lipinski definition) is 6. The molecule has 5 unspecified atom stereocenters. The number of allylic oxidation sites excluding steroid dienone is 6. The van der Waals surface area contributed by atoms with Crippen molar-refractivity contribution >= 4 is 80.4 Å². The van der Waals surface area contributed by atoms with Crippen molar-refractivity contribution in [2.45, 2.75) is 157 Å². The van der Waals surface area contributed by atoms with E-state index in [1.807, 2.05) is 45.0 Å². The number of fused-ring (bicyclic) bond motifs is 8. The number of hydrogen-bond donors (Lipinski definition) is 0. The Morgan fingerprint density at radius 2 is 1.53 bits per heavy atom. The minimum Gasteiger partial charge on any atom is -0.664 e. The van der Waals surface area contributed by atoms with Gasteiger partial charge in [0.1, 0.15) is 18.5 Å². The number of aromatic amines is 2. The van der Waals surface area contributed by atoms with Gasteiger partial charge in [0.05, 0.1) is 12.7 Å². The maximum atomic E-state index is 14.4. The summed E-state index contributed by atoms with van der Waals surface area (Å²) < 4.78 is 11.0. The number of aldehydes is 1. The molecule has 4 aliphatic rings. The van der Waals surface area contributed by atoms with Crippen LogP contribution < -0.4 is 19.9 Å². The molecule has 0 amide bonds. The number of rotatable bonds is 21. The number of nitrogens with zero attached hydrogens (tertiary/aromatic N) is 2. The average Bonchev–Trinajstić information content (AvgIpc) is 4.02. The molecule has 348 valence electrons. The summed E-state index contributed by atoms with van der Waals surface area (Å²) in [4.78, 5) is 71.2. The molecule has 5 atom stereocenters. The van der Waals surface area contributed by atoms with Gasteiger partial charge in [-0.2, -0.15) is 0 Å². The number of ketones is 1. The molecule has 3 aliphatic heterocycles. The van der Waals surface area contributed by atoms with Gasteiger partial charge in [-0.05, 0) is 100 Å². The molecule has 0 spiro atoms. The zero-order valence-electron chi connectivity index (χ0n) is 41.4. The quantitative estimate of drug-likeness (QED) is 0.0396. The normalized spacial score (nSPS) is 18.3. The Hall–Kier alpha value is -4.61. The molecular weight excluding hydrogens is 837 g/mol. The molecule has 10 nitrogen and oxygen atoms in total. The van der Waals surface area contributed by atoms with Crippen molar-refractivity contribution in [2.75, 3.05) is 13.7 Å². The van der Waals surface area contributed by atoms with Crippen LogP contribution in [0.2, 0.25) is 0 Å². The second-order valence-corrected chi connectivity index (χ2v) is 19.5. The third-order valence-corrected chi connectivity index (χ3v) is 14.3. The molecule has 66 heavy (non-hydrogen) atoms. The van der Waals surface area contributed by atoms with Crippen LogP contribution in [0.5, 0.6) is 0 Å². The SMILES string of the molecule is C=CC1=C(C)c2cc3[n-]c(c4c5[nH+]c(cc6[n-]c(cc1[nH+]2)c(C=O)c6CC)C(C)=C5C(=O)C4C(=O)OC)C(CCC(=O)OCC=C(C)CCCC(C)CCCC(C)CCCC(C)C)C3C.[Mg+2]. The molecule has 8 bridgehead atoms. The minimum atomic E-state index is -1.23. The topological polar surface area (TPSA) is 143 Å². The molecule has 0 saturated carbocycles. The standard InChI is InChI=1S/C55H71N4O6.Mg/c1-12-38-35(8)42-27-43-36(9)40(23-24-48(61)65-26-25-34(7)22-16-21-33(6)20-15-19-32(5)18-14-17-31(3)4)52(58-43)50-51(55(63)64-11)54(62)49-37(10)44(59-53(49)50)28-46-39(13-2)41(30-60)47(57-46)29-45(38)56-42;/h12,25,27-33,36,40,51H,1,13-24,26H2,2-11H3,(H-,56,57,58,59,60,62);/q-1;+2/p+1. The van der Waals surface area contributed by atoms with Gasteiger partial charge in [-0.15, -0.1) is 22.4 Å². The van der Waals surface area contributed by atoms with E-state index in [0.29, 0.717) is 69.1 Å². The first-order valence-corrected chi connectivity index (χ1v) is 24.1. The van der Waals surface area contributed by atoms with Crippen molar-refractivity contribution in [2.24, 2.45) is 17.8 Å². The maximum Gasteiger partial charge on any atom is 2.00 e. The van der Waals surface area contributed by atoms with Crippen LogP contribution in [0.3, 0.4) is 0 Å². The van der Waals surface area contributed by atoms with E-state index < -0.39 is 11.9 Å². The fourth-order valence-electron chi connectivity index (χ4n) is 10.2. The number of nitrogens with one attached hydrogen (secondary N) is 2. The zero-order chi connectivity index (χ0) is 47.1. The summed E-state index contributed by atoms with van der Waals surface area (Å²) in [5, 5.41) is 0.